The second-order valence-corrected chi connectivity index (χ2v) is 4.87. The van der Waals surface area contributed by atoms with Crippen LogP contribution in [0.15, 0.2) is 30.6 Å². The van der Waals surface area contributed by atoms with E-state index in [0.29, 0.717) is 0 Å². The maximum absolute atomic E-state index is 12.2. The number of aromatic nitrogens is 2. The second-order valence-electron chi connectivity index (χ2n) is 4.87. The minimum absolute atomic E-state index is 0.0717. The van der Waals surface area contributed by atoms with Gasteiger partial charge in [-0.1, -0.05) is 6.92 Å². The standard InChI is InChI=1S/C14H18N4O/c1-4-17-14(2,3)13(19)18-10-5-6-11-12(9-10)16-8-7-15-11/h5-9,17H,4H2,1-3H3,(H,18,19). The lowest BCUT2D eigenvalue weighted by atomic mass is 10.0. The summed E-state index contributed by atoms with van der Waals surface area (Å²) in [5.41, 5.74) is 1.70. The van der Waals surface area contributed by atoms with Crippen LogP contribution < -0.4 is 10.6 Å². The zero-order chi connectivity index (χ0) is 13.9. The van der Waals surface area contributed by atoms with Crippen LogP contribution in [0.2, 0.25) is 0 Å². The minimum Gasteiger partial charge on any atom is -0.324 e. The summed E-state index contributed by atoms with van der Waals surface area (Å²) in [6.45, 7) is 6.42. The number of fused-ring (bicyclic) bond motifs is 1. The maximum atomic E-state index is 12.2. The summed E-state index contributed by atoms with van der Waals surface area (Å²) >= 11 is 0. The number of hydrogen-bond acceptors (Lipinski definition) is 4. The number of rotatable bonds is 4. The van der Waals surface area contributed by atoms with Crippen molar-refractivity contribution in [2.75, 3.05) is 11.9 Å². The van der Waals surface area contributed by atoms with Gasteiger partial charge in [-0.15, -0.1) is 0 Å². The zero-order valence-corrected chi connectivity index (χ0v) is 11.4. The summed E-state index contributed by atoms with van der Waals surface area (Å²) in [7, 11) is 0. The molecule has 2 rings (SSSR count). The molecule has 5 nitrogen and oxygen atoms in total. The number of anilines is 1. The number of nitrogens with one attached hydrogen (secondary N) is 2. The molecule has 0 aliphatic rings. The number of amides is 1. The highest BCUT2D eigenvalue weighted by Crippen LogP contribution is 2.16. The average Bonchev–Trinajstić information content (AvgIpc) is 2.38. The molecule has 1 heterocycles. The SMILES string of the molecule is CCNC(C)(C)C(=O)Nc1ccc2nccnc2c1. The van der Waals surface area contributed by atoms with Gasteiger partial charge >= 0.3 is 0 Å². The highest BCUT2D eigenvalue weighted by atomic mass is 16.2. The first-order valence-electron chi connectivity index (χ1n) is 6.30. The van der Waals surface area contributed by atoms with E-state index in [1.165, 1.54) is 0 Å². The Labute approximate surface area is 112 Å². The minimum atomic E-state index is -0.605. The molecule has 0 fully saturated rings. The molecule has 5 heteroatoms. The highest BCUT2D eigenvalue weighted by Gasteiger charge is 2.26. The van der Waals surface area contributed by atoms with Crippen LogP contribution >= 0.6 is 0 Å². The molecule has 0 saturated carbocycles. The van der Waals surface area contributed by atoms with Gasteiger partial charge in [0.05, 0.1) is 16.6 Å². The molecule has 1 amide bonds. The molecule has 0 bridgehead atoms. The Bertz CT molecular complexity index is 595. The van der Waals surface area contributed by atoms with Crippen molar-refractivity contribution in [3.63, 3.8) is 0 Å². The van der Waals surface area contributed by atoms with Gasteiger partial charge in [0.15, 0.2) is 0 Å². The van der Waals surface area contributed by atoms with Gasteiger partial charge in [0.25, 0.3) is 0 Å². The molecule has 0 atom stereocenters. The van der Waals surface area contributed by atoms with Gasteiger partial charge in [-0.3, -0.25) is 14.8 Å². The van der Waals surface area contributed by atoms with Crippen LogP contribution in [0.25, 0.3) is 11.0 Å². The molecule has 1 aromatic carbocycles. The average molecular weight is 258 g/mol. The summed E-state index contributed by atoms with van der Waals surface area (Å²) in [5.74, 6) is -0.0717. The molecule has 0 spiro atoms. The van der Waals surface area contributed by atoms with Crippen molar-refractivity contribution < 1.29 is 4.79 Å². The lowest BCUT2D eigenvalue weighted by Crippen LogP contribution is -2.49. The Balaban J connectivity index is 2.19. The predicted molar refractivity (Wildman–Crippen MR) is 75.9 cm³/mol. The van der Waals surface area contributed by atoms with Crippen molar-refractivity contribution in [2.24, 2.45) is 0 Å². The highest BCUT2D eigenvalue weighted by molar-refractivity contribution is 5.98. The van der Waals surface area contributed by atoms with E-state index in [2.05, 4.69) is 20.6 Å². The summed E-state index contributed by atoms with van der Waals surface area (Å²) in [5, 5.41) is 6.03. The first-order chi connectivity index (χ1) is 9.03. The summed E-state index contributed by atoms with van der Waals surface area (Å²) in [6.07, 6.45) is 3.28. The van der Waals surface area contributed by atoms with Crippen molar-refractivity contribution in [1.82, 2.24) is 15.3 Å². The van der Waals surface area contributed by atoms with Gasteiger partial charge in [-0.25, -0.2) is 0 Å². The molecule has 0 unspecified atom stereocenters. The van der Waals surface area contributed by atoms with Crippen LogP contribution in [0.3, 0.4) is 0 Å². The van der Waals surface area contributed by atoms with Crippen molar-refractivity contribution in [3.05, 3.63) is 30.6 Å². The first-order valence-corrected chi connectivity index (χ1v) is 6.30. The largest absolute Gasteiger partial charge is 0.324 e. The molecule has 0 aliphatic heterocycles. The number of likely N-dealkylation sites (N-methyl/N-ethyl adjacent to an activating group) is 1. The normalized spacial score (nSPS) is 11.5. The number of benzene rings is 1. The van der Waals surface area contributed by atoms with E-state index in [0.717, 1.165) is 23.3 Å². The Kier molecular flexibility index (Phi) is 3.76. The molecule has 0 radical (unpaired) electrons. The summed E-state index contributed by atoms with van der Waals surface area (Å²) < 4.78 is 0. The molecule has 100 valence electrons. The fourth-order valence-electron chi connectivity index (χ4n) is 1.85. The van der Waals surface area contributed by atoms with Crippen LogP contribution in [0.4, 0.5) is 5.69 Å². The molecular formula is C14H18N4O. The van der Waals surface area contributed by atoms with E-state index in [1.807, 2.05) is 39.0 Å². The van der Waals surface area contributed by atoms with E-state index >= 15 is 0 Å². The van der Waals surface area contributed by atoms with Crippen LogP contribution in [0.1, 0.15) is 20.8 Å². The van der Waals surface area contributed by atoms with Crippen molar-refractivity contribution in [2.45, 2.75) is 26.3 Å². The van der Waals surface area contributed by atoms with E-state index in [-0.39, 0.29) is 5.91 Å². The molecule has 0 saturated heterocycles. The van der Waals surface area contributed by atoms with Crippen molar-refractivity contribution in [1.29, 1.82) is 0 Å². The Morgan fingerprint density at radius 3 is 2.58 bits per heavy atom. The number of hydrogen-bond donors (Lipinski definition) is 2. The Hall–Kier alpha value is -2.01. The van der Waals surface area contributed by atoms with Crippen molar-refractivity contribution >= 4 is 22.6 Å². The molecule has 1 aromatic heterocycles. The second kappa shape index (κ2) is 5.32. The van der Waals surface area contributed by atoms with Crippen LogP contribution in [0.5, 0.6) is 0 Å². The van der Waals surface area contributed by atoms with Crippen LogP contribution in [0, 0.1) is 0 Å². The topological polar surface area (TPSA) is 66.9 Å². The van der Waals surface area contributed by atoms with E-state index in [9.17, 15) is 4.79 Å². The molecule has 19 heavy (non-hydrogen) atoms. The van der Waals surface area contributed by atoms with Crippen molar-refractivity contribution in [3.8, 4) is 0 Å². The smallest absolute Gasteiger partial charge is 0.244 e. The van der Waals surface area contributed by atoms with Gasteiger partial charge < -0.3 is 10.6 Å². The van der Waals surface area contributed by atoms with Crippen LogP contribution in [-0.2, 0) is 4.79 Å². The summed E-state index contributed by atoms with van der Waals surface area (Å²) in [6, 6.07) is 5.50. The lowest BCUT2D eigenvalue weighted by molar-refractivity contribution is -0.121. The Morgan fingerprint density at radius 2 is 1.89 bits per heavy atom. The molecule has 0 aliphatic carbocycles. The van der Waals surface area contributed by atoms with Gasteiger partial charge in [-0.05, 0) is 38.6 Å². The number of carbonyl (C=O) groups is 1. The maximum Gasteiger partial charge on any atom is 0.244 e. The molecule has 2 N–H and O–H groups in total. The number of nitrogens with zero attached hydrogens (tertiary/aromatic N) is 2. The summed E-state index contributed by atoms with van der Waals surface area (Å²) in [4.78, 5) is 20.6. The van der Waals surface area contributed by atoms with E-state index < -0.39 is 5.54 Å². The van der Waals surface area contributed by atoms with E-state index in [1.54, 1.807) is 12.4 Å². The van der Waals surface area contributed by atoms with Gasteiger partial charge in [0, 0.05) is 18.1 Å². The number of carbonyl (C=O) groups excluding carboxylic acids is 1. The molecular weight excluding hydrogens is 240 g/mol. The Morgan fingerprint density at radius 1 is 1.21 bits per heavy atom. The predicted octanol–water partition coefficient (Wildman–Crippen LogP) is 1.96. The van der Waals surface area contributed by atoms with Gasteiger partial charge in [-0.2, -0.15) is 0 Å². The first kappa shape index (κ1) is 13.4. The van der Waals surface area contributed by atoms with E-state index in [4.69, 9.17) is 0 Å². The third kappa shape index (κ3) is 3.06. The van der Waals surface area contributed by atoms with Crippen LogP contribution in [-0.4, -0.2) is 28.0 Å². The fraction of sp³-hybridized carbons (Fsp3) is 0.357. The fourth-order valence-corrected chi connectivity index (χ4v) is 1.85. The lowest BCUT2D eigenvalue weighted by Gasteiger charge is -2.24. The zero-order valence-electron chi connectivity index (χ0n) is 11.4. The monoisotopic (exact) mass is 258 g/mol. The quantitative estimate of drug-likeness (QED) is 0.879. The third-order valence-electron chi connectivity index (χ3n) is 2.91. The van der Waals surface area contributed by atoms with Gasteiger partial charge in [0.1, 0.15) is 0 Å². The molecule has 2 aromatic rings. The van der Waals surface area contributed by atoms with Gasteiger partial charge in [0.2, 0.25) is 5.91 Å². The third-order valence-corrected chi connectivity index (χ3v) is 2.91.